The number of benzene rings is 3. The third-order valence-corrected chi connectivity index (χ3v) is 7.19. The van der Waals surface area contributed by atoms with E-state index >= 15 is 0 Å². The van der Waals surface area contributed by atoms with Crippen molar-refractivity contribution in [1.29, 1.82) is 0 Å². The van der Waals surface area contributed by atoms with Gasteiger partial charge in [-0.25, -0.2) is 9.37 Å². The number of nitrogens with zero attached hydrogens (tertiary/aromatic N) is 3. The van der Waals surface area contributed by atoms with Crippen LogP contribution < -0.4 is 11.3 Å². The van der Waals surface area contributed by atoms with E-state index in [1.807, 2.05) is 64.1 Å². The maximum absolute atomic E-state index is 14.3. The van der Waals surface area contributed by atoms with Crippen molar-refractivity contribution in [1.82, 2.24) is 14.5 Å². The second kappa shape index (κ2) is 11.1. The van der Waals surface area contributed by atoms with Crippen LogP contribution in [0.2, 0.25) is 0 Å². The number of aromatic nitrogens is 2. The van der Waals surface area contributed by atoms with E-state index in [9.17, 15) is 14.0 Å². The zero-order chi connectivity index (χ0) is 28.6. The van der Waals surface area contributed by atoms with Gasteiger partial charge >= 0.3 is 0 Å². The third kappa shape index (κ3) is 5.14. The summed E-state index contributed by atoms with van der Waals surface area (Å²) < 4.78 is 21.7. The highest BCUT2D eigenvalue weighted by molar-refractivity contribution is 6.02. The molecule has 0 aliphatic carbocycles. The third-order valence-electron chi connectivity index (χ3n) is 7.19. The molecule has 2 heterocycles. The molecular formula is C32H33FN4O3. The van der Waals surface area contributed by atoms with Crippen LogP contribution in [0.25, 0.3) is 22.1 Å². The van der Waals surface area contributed by atoms with E-state index in [0.717, 1.165) is 16.7 Å². The fourth-order valence-electron chi connectivity index (χ4n) is 5.13. The van der Waals surface area contributed by atoms with Gasteiger partial charge in [-0.15, -0.1) is 0 Å². The SMILES string of the molecule is Cc1ccc(Cn2c([C@@H](C(C)C)N(CCN)C(=O)c3ccc(C)cc3)nc3c(oc4ccc(F)cc43)c2=O)cc1. The molecule has 1 amide bonds. The lowest BCUT2D eigenvalue weighted by atomic mass is 9.99. The fourth-order valence-corrected chi connectivity index (χ4v) is 5.13. The quantitative estimate of drug-likeness (QED) is 0.271. The molecule has 0 bridgehead atoms. The summed E-state index contributed by atoms with van der Waals surface area (Å²) in [4.78, 5) is 34.6. The molecule has 0 fully saturated rings. The van der Waals surface area contributed by atoms with Crippen molar-refractivity contribution in [2.75, 3.05) is 13.1 Å². The molecule has 0 aliphatic rings. The van der Waals surface area contributed by atoms with E-state index in [4.69, 9.17) is 15.1 Å². The Morgan fingerprint density at radius 3 is 2.30 bits per heavy atom. The van der Waals surface area contributed by atoms with Gasteiger partial charge in [0.25, 0.3) is 11.5 Å². The Morgan fingerprint density at radius 2 is 1.68 bits per heavy atom. The Kier molecular flexibility index (Phi) is 7.54. The van der Waals surface area contributed by atoms with Crippen molar-refractivity contribution < 1.29 is 13.6 Å². The highest BCUT2D eigenvalue weighted by Gasteiger charge is 2.33. The molecule has 0 radical (unpaired) electrons. The number of carbonyl (C=O) groups is 1. The molecule has 1 atom stereocenters. The average Bonchev–Trinajstić information content (AvgIpc) is 3.29. The molecule has 2 aromatic heterocycles. The van der Waals surface area contributed by atoms with Gasteiger partial charge in [-0.05, 0) is 55.7 Å². The summed E-state index contributed by atoms with van der Waals surface area (Å²) in [6.07, 6.45) is 0. The molecule has 206 valence electrons. The fraction of sp³-hybridized carbons (Fsp3) is 0.281. The second-order valence-electron chi connectivity index (χ2n) is 10.6. The van der Waals surface area contributed by atoms with E-state index in [1.165, 1.54) is 18.2 Å². The lowest BCUT2D eigenvalue weighted by Crippen LogP contribution is -2.43. The zero-order valence-electron chi connectivity index (χ0n) is 23.1. The van der Waals surface area contributed by atoms with Gasteiger partial charge in [0, 0.05) is 24.0 Å². The number of rotatable bonds is 8. The molecule has 0 spiro atoms. The van der Waals surface area contributed by atoms with Gasteiger partial charge in [-0.2, -0.15) is 0 Å². The minimum Gasteiger partial charge on any atom is -0.448 e. The van der Waals surface area contributed by atoms with Crippen molar-refractivity contribution in [3.63, 3.8) is 0 Å². The molecular weight excluding hydrogens is 507 g/mol. The highest BCUT2D eigenvalue weighted by Crippen LogP contribution is 2.32. The maximum atomic E-state index is 14.3. The van der Waals surface area contributed by atoms with Crippen molar-refractivity contribution >= 4 is 28.0 Å². The molecule has 0 aliphatic heterocycles. The van der Waals surface area contributed by atoms with Crippen LogP contribution in [-0.2, 0) is 6.54 Å². The Hall–Kier alpha value is -4.30. The summed E-state index contributed by atoms with van der Waals surface area (Å²) in [6, 6.07) is 18.8. The summed E-state index contributed by atoms with van der Waals surface area (Å²) in [7, 11) is 0. The standard InChI is InChI=1S/C32H33FN4O3/c1-19(2)28(36(16-15-34)31(38)23-11-7-21(4)8-12-23)30-35-27-25-17-24(33)13-14-26(25)40-29(27)32(39)37(30)18-22-9-5-20(3)6-10-22/h5-14,17,19,28H,15-16,18,34H2,1-4H3/t28-/m1/s1. The number of amides is 1. The number of carbonyl (C=O) groups excluding carboxylic acids is 1. The molecule has 8 heteroatoms. The van der Waals surface area contributed by atoms with E-state index < -0.39 is 17.4 Å². The molecule has 5 rings (SSSR count). The lowest BCUT2D eigenvalue weighted by molar-refractivity contribution is 0.0612. The normalized spacial score (nSPS) is 12.4. The number of halogens is 1. The Labute approximate surface area is 232 Å². The van der Waals surface area contributed by atoms with Gasteiger partial charge in [-0.3, -0.25) is 14.2 Å². The topological polar surface area (TPSA) is 94.4 Å². The predicted octanol–water partition coefficient (Wildman–Crippen LogP) is 5.75. The lowest BCUT2D eigenvalue weighted by Gasteiger charge is -2.35. The maximum Gasteiger partial charge on any atom is 0.297 e. The number of aryl methyl sites for hydroxylation is 2. The molecule has 0 saturated heterocycles. The first-order valence-corrected chi connectivity index (χ1v) is 13.4. The Balaban J connectivity index is 1.76. The van der Waals surface area contributed by atoms with Crippen LogP contribution >= 0.6 is 0 Å². The van der Waals surface area contributed by atoms with E-state index in [0.29, 0.717) is 22.4 Å². The minimum atomic E-state index is -0.599. The molecule has 5 aromatic rings. The smallest absolute Gasteiger partial charge is 0.297 e. The first kappa shape index (κ1) is 27.3. The summed E-state index contributed by atoms with van der Waals surface area (Å²) in [5, 5.41) is 0.411. The predicted molar refractivity (Wildman–Crippen MR) is 155 cm³/mol. The number of fused-ring (bicyclic) bond motifs is 3. The first-order chi connectivity index (χ1) is 19.2. The van der Waals surface area contributed by atoms with Crippen molar-refractivity contribution in [2.24, 2.45) is 11.7 Å². The van der Waals surface area contributed by atoms with Crippen LogP contribution in [0.5, 0.6) is 0 Å². The van der Waals surface area contributed by atoms with Crippen molar-refractivity contribution in [2.45, 2.75) is 40.3 Å². The van der Waals surface area contributed by atoms with Crippen molar-refractivity contribution in [3.05, 3.63) is 111 Å². The highest BCUT2D eigenvalue weighted by atomic mass is 19.1. The number of nitrogens with two attached hydrogens (primary N) is 1. The zero-order valence-corrected chi connectivity index (χ0v) is 23.1. The van der Waals surface area contributed by atoms with Gasteiger partial charge in [0.1, 0.15) is 22.7 Å². The van der Waals surface area contributed by atoms with Gasteiger partial charge in [0.05, 0.1) is 12.6 Å². The summed E-state index contributed by atoms with van der Waals surface area (Å²) in [6.45, 7) is 8.64. The molecule has 40 heavy (non-hydrogen) atoms. The van der Waals surface area contributed by atoms with Crippen molar-refractivity contribution in [3.8, 4) is 0 Å². The monoisotopic (exact) mass is 540 g/mol. The first-order valence-electron chi connectivity index (χ1n) is 13.4. The van der Waals surface area contributed by atoms with Crippen LogP contribution in [0.3, 0.4) is 0 Å². The Bertz CT molecular complexity index is 1740. The van der Waals surface area contributed by atoms with Gasteiger partial charge < -0.3 is 15.1 Å². The Morgan fingerprint density at radius 1 is 1.02 bits per heavy atom. The van der Waals surface area contributed by atoms with Crippen LogP contribution in [0.4, 0.5) is 4.39 Å². The van der Waals surface area contributed by atoms with E-state index in [1.54, 1.807) is 21.6 Å². The van der Waals surface area contributed by atoms with Gasteiger partial charge in [-0.1, -0.05) is 61.4 Å². The molecule has 7 nitrogen and oxygen atoms in total. The molecule has 2 N–H and O–H groups in total. The number of furan rings is 1. The molecule has 3 aromatic carbocycles. The summed E-state index contributed by atoms with van der Waals surface area (Å²) in [5.74, 6) is -0.399. The molecule has 0 saturated carbocycles. The largest absolute Gasteiger partial charge is 0.448 e. The minimum absolute atomic E-state index is 0.0502. The van der Waals surface area contributed by atoms with E-state index in [-0.39, 0.29) is 42.6 Å². The number of hydrogen-bond acceptors (Lipinski definition) is 5. The summed E-state index contributed by atoms with van der Waals surface area (Å²) in [5.41, 5.74) is 9.88. The second-order valence-corrected chi connectivity index (χ2v) is 10.6. The summed E-state index contributed by atoms with van der Waals surface area (Å²) >= 11 is 0. The average molecular weight is 541 g/mol. The number of hydrogen-bond donors (Lipinski definition) is 1. The van der Waals surface area contributed by atoms with Crippen LogP contribution in [0, 0.1) is 25.6 Å². The van der Waals surface area contributed by atoms with Gasteiger partial charge in [0.2, 0.25) is 5.58 Å². The molecule has 0 unspecified atom stereocenters. The van der Waals surface area contributed by atoms with E-state index in [2.05, 4.69) is 0 Å². The van der Waals surface area contributed by atoms with Crippen LogP contribution in [-0.4, -0.2) is 33.4 Å². The van der Waals surface area contributed by atoms with Gasteiger partial charge in [0.15, 0.2) is 0 Å². The van der Waals surface area contributed by atoms with Crippen LogP contribution in [0.1, 0.15) is 52.8 Å². The van der Waals surface area contributed by atoms with Crippen LogP contribution in [0.15, 0.2) is 75.9 Å².